The third kappa shape index (κ3) is 3.89. The number of hydrogen-bond donors (Lipinski definition) is 0. The highest BCUT2D eigenvalue weighted by atomic mass is 35.5. The summed E-state index contributed by atoms with van der Waals surface area (Å²) in [6.07, 6.45) is -3.21. The predicted octanol–water partition coefficient (Wildman–Crippen LogP) is 5.11. The molecule has 22 heavy (non-hydrogen) atoms. The summed E-state index contributed by atoms with van der Waals surface area (Å²) in [5.41, 5.74) is 1.17. The molecule has 0 amide bonds. The molecule has 0 heterocycles. The summed E-state index contributed by atoms with van der Waals surface area (Å²) < 4.78 is 40.0. The van der Waals surface area contributed by atoms with Gasteiger partial charge in [0.15, 0.2) is 5.78 Å². The molecule has 6 heteroatoms. The molecule has 2 nitrogen and oxygen atoms in total. The lowest BCUT2D eigenvalue weighted by atomic mass is 10.0. The van der Waals surface area contributed by atoms with Crippen molar-refractivity contribution < 1.29 is 22.7 Å². The third-order valence-corrected chi connectivity index (χ3v) is 3.15. The molecule has 0 aliphatic heterocycles. The van der Waals surface area contributed by atoms with Gasteiger partial charge in [-0.05, 0) is 42.0 Å². The van der Waals surface area contributed by atoms with Crippen molar-refractivity contribution in [2.24, 2.45) is 0 Å². The summed E-state index contributed by atoms with van der Waals surface area (Å²) in [6, 6.07) is 9.48. The normalized spacial score (nSPS) is 11.1. The van der Waals surface area contributed by atoms with Crippen LogP contribution in [0.3, 0.4) is 0 Å². The first-order valence-corrected chi connectivity index (χ1v) is 6.50. The molecule has 0 fully saturated rings. The van der Waals surface area contributed by atoms with Crippen LogP contribution in [-0.4, -0.2) is 12.1 Å². The van der Waals surface area contributed by atoms with Gasteiger partial charge in [-0.2, -0.15) is 0 Å². The zero-order valence-electron chi connectivity index (χ0n) is 11.2. The lowest BCUT2D eigenvalue weighted by Gasteiger charge is -2.09. The molecule has 2 rings (SSSR count). The molecule has 0 saturated carbocycles. The van der Waals surface area contributed by atoms with Gasteiger partial charge in [0.25, 0.3) is 0 Å². The first-order chi connectivity index (χ1) is 10.3. The van der Waals surface area contributed by atoms with Gasteiger partial charge >= 0.3 is 6.36 Å². The van der Waals surface area contributed by atoms with Gasteiger partial charge in [0.2, 0.25) is 0 Å². The van der Waals surface area contributed by atoms with E-state index >= 15 is 0 Å². The van der Waals surface area contributed by atoms with Crippen molar-refractivity contribution >= 4 is 23.5 Å². The Morgan fingerprint density at radius 2 is 1.77 bits per heavy atom. The molecular weight excluding hydrogens is 317 g/mol. The molecule has 0 aliphatic rings. The fourth-order valence-corrected chi connectivity index (χ4v) is 2.01. The second kappa shape index (κ2) is 6.23. The predicted molar refractivity (Wildman–Crippen MR) is 78.1 cm³/mol. The van der Waals surface area contributed by atoms with Crippen LogP contribution in [0.15, 0.2) is 49.0 Å². The number of hydrogen-bond acceptors (Lipinski definition) is 2. The second-order valence-electron chi connectivity index (χ2n) is 4.34. The molecular formula is C16H10ClF3O2. The van der Waals surface area contributed by atoms with E-state index in [1.165, 1.54) is 12.1 Å². The van der Waals surface area contributed by atoms with E-state index in [0.717, 1.165) is 12.1 Å². The fourth-order valence-electron chi connectivity index (χ4n) is 1.81. The fraction of sp³-hybridized carbons (Fsp3) is 0.0625. The Kier molecular flexibility index (Phi) is 4.56. The van der Waals surface area contributed by atoms with Crippen LogP contribution in [0.4, 0.5) is 13.2 Å². The SMILES string of the molecule is C=Cc1ccc(Cl)c(C(=O)c2ccc(OC(F)(F)F)cc2)c1. The first kappa shape index (κ1) is 16.1. The van der Waals surface area contributed by atoms with Crippen molar-refractivity contribution in [1.82, 2.24) is 0 Å². The number of carbonyl (C=O) groups is 1. The molecule has 0 saturated heterocycles. The molecule has 0 aromatic heterocycles. The Hall–Kier alpha value is -2.27. The molecule has 2 aromatic carbocycles. The number of ether oxygens (including phenoxy) is 1. The highest BCUT2D eigenvalue weighted by Gasteiger charge is 2.31. The van der Waals surface area contributed by atoms with Gasteiger partial charge in [0.1, 0.15) is 5.75 Å². The van der Waals surface area contributed by atoms with E-state index in [9.17, 15) is 18.0 Å². The number of ketones is 1. The van der Waals surface area contributed by atoms with Crippen LogP contribution in [0.25, 0.3) is 6.08 Å². The van der Waals surface area contributed by atoms with Crippen molar-refractivity contribution in [3.8, 4) is 5.75 Å². The summed E-state index contributed by atoms with van der Waals surface area (Å²) in [5.74, 6) is -0.790. The summed E-state index contributed by atoms with van der Waals surface area (Å²) >= 11 is 5.99. The van der Waals surface area contributed by atoms with Crippen LogP contribution >= 0.6 is 11.6 Å². The molecule has 0 unspecified atom stereocenters. The van der Waals surface area contributed by atoms with Crippen molar-refractivity contribution in [2.75, 3.05) is 0 Å². The molecule has 0 N–H and O–H groups in total. The Bertz CT molecular complexity index is 706. The largest absolute Gasteiger partial charge is 0.573 e. The molecule has 0 bridgehead atoms. The Labute approximate surface area is 129 Å². The van der Waals surface area contributed by atoms with Gasteiger partial charge < -0.3 is 4.74 Å². The van der Waals surface area contributed by atoms with Gasteiger partial charge in [-0.25, -0.2) is 0 Å². The smallest absolute Gasteiger partial charge is 0.406 e. The number of alkyl halides is 3. The molecule has 0 atom stereocenters. The zero-order valence-corrected chi connectivity index (χ0v) is 11.9. The summed E-state index contributed by atoms with van der Waals surface area (Å²) in [6.45, 7) is 3.60. The van der Waals surface area contributed by atoms with Crippen molar-refractivity contribution in [2.45, 2.75) is 6.36 Å². The van der Waals surface area contributed by atoms with Crippen molar-refractivity contribution in [3.63, 3.8) is 0 Å². The van der Waals surface area contributed by atoms with Gasteiger partial charge in [0, 0.05) is 11.1 Å². The van der Waals surface area contributed by atoms with Gasteiger partial charge in [-0.15, -0.1) is 13.2 Å². The zero-order chi connectivity index (χ0) is 16.3. The van der Waals surface area contributed by atoms with Crippen LogP contribution in [0.2, 0.25) is 5.02 Å². The molecule has 2 aromatic rings. The minimum absolute atomic E-state index is 0.206. The first-order valence-electron chi connectivity index (χ1n) is 6.12. The minimum Gasteiger partial charge on any atom is -0.406 e. The van der Waals surface area contributed by atoms with Crippen molar-refractivity contribution in [1.29, 1.82) is 0 Å². The van der Waals surface area contributed by atoms with E-state index in [2.05, 4.69) is 11.3 Å². The highest BCUT2D eigenvalue weighted by molar-refractivity contribution is 6.35. The summed E-state index contributed by atoms with van der Waals surface area (Å²) in [7, 11) is 0. The van der Waals surface area contributed by atoms with Gasteiger partial charge in [0.05, 0.1) is 5.02 Å². The quantitative estimate of drug-likeness (QED) is 0.730. The summed E-state index contributed by atoms with van der Waals surface area (Å²) in [4.78, 5) is 12.4. The van der Waals surface area contributed by atoms with E-state index < -0.39 is 17.9 Å². The van der Waals surface area contributed by atoms with E-state index in [0.29, 0.717) is 5.56 Å². The van der Waals surface area contributed by atoms with Gasteiger partial charge in [-0.3, -0.25) is 4.79 Å². The van der Waals surface area contributed by atoms with Crippen LogP contribution < -0.4 is 4.74 Å². The van der Waals surface area contributed by atoms with E-state index in [4.69, 9.17) is 11.6 Å². The topological polar surface area (TPSA) is 26.3 Å². The van der Waals surface area contributed by atoms with E-state index in [-0.39, 0.29) is 16.1 Å². The lowest BCUT2D eigenvalue weighted by molar-refractivity contribution is -0.274. The molecule has 0 radical (unpaired) electrons. The Morgan fingerprint density at radius 1 is 1.14 bits per heavy atom. The van der Waals surface area contributed by atoms with Crippen LogP contribution in [0, 0.1) is 0 Å². The molecule has 0 aliphatic carbocycles. The van der Waals surface area contributed by atoms with Crippen LogP contribution in [0.5, 0.6) is 5.75 Å². The minimum atomic E-state index is -4.77. The monoisotopic (exact) mass is 326 g/mol. The maximum Gasteiger partial charge on any atom is 0.573 e. The third-order valence-electron chi connectivity index (χ3n) is 2.82. The van der Waals surface area contributed by atoms with Crippen molar-refractivity contribution in [3.05, 3.63) is 70.8 Å². The Morgan fingerprint density at radius 3 is 2.32 bits per heavy atom. The lowest BCUT2D eigenvalue weighted by Crippen LogP contribution is -2.17. The number of halogens is 4. The van der Waals surface area contributed by atoms with E-state index in [1.807, 2.05) is 0 Å². The second-order valence-corrected chi connectivity index (χ2v) is 4.75. The molecule has 0 spiro atoms. The van der Waals surface area contributed by atoms with Gasteiger partial charge in [-0.1, -0.05) is 30.3 Å². The van der Waals surface area contributed by atoms with Crippen LogP contribution in [0.1, 0.15) is 21.5 Å². The average molecular weight is 327 g/mol. The maximum atomic E-state index is 12.4. The molecule has 114 valence electrons. The number of carbonyl (C=O) groups excluding carboxylic acids is 1. The number of rotatable bonds is 4. The standard InChI is InChI=1S/C16H10ClF3O2/c1-2-10-3-8-14(17)13(9-10)15(21)11-4-6-12(7-5-11)22-16(18,19)20/h2-9H,1H2. The maximum absolute atomic E-state index is 12.4. The van der Waals surface area contributed by atoms with E-state index in [1.54, 1.807) is 24.3 Å². The number of benzene rings is 2. The Balaban J connectivity index is 2.28. The summed E-state index contributed by atoms with van der Waals surface area (Å²) in [5, 5.41) is 0.256. The average Bonchev–Trinajstić information content (AvgIpc) is 2.46. The highest BCUT2D eigenvalue weighted by Crippen LogP contribution is 2.25. The van der Waals surface area contributed by atoms with Crippen LogP contribution in [-0.2, 0) is 0 Å².